The van der Waals surface area contributed by atoms with Crippen molar-refractivity contribution in [3.05, 3.63) is 59.1 Å². The molecule has 2 N–H and O–H groups in total. The van der Waals surface area contributed by atoms with Crippen molar-refractivity contribution < 1.29 is 8.42 Å². The molecule has 0 atom stereocenters. The fourth-order valence-corrected chi connectivity index (χ4v) is 5.80. The van der Waals surface area contributed by atoms with E-state index in [2.05, 4.69) is 15.0 Å². The normalized spacial score (nSPS) is 18.7. The first kappa shape index (κ1) is 24.7. The van der Waals surface area contributed by atoms with Crippen molar-refractivity contribution in [3.63, 3.8) is 0 Å². The largest absolute Gasteiger partial charge is 0.362 e. The average molecular weight is 502 g/mol. The van der Waals surface area contributed by atoms with Crippen molar-refractivity contribution in [2.75, 3.05) is 37.4 Å². The van der Waals surface area contributed by atoms with Gasteiger partial charge in [-0.05, 0) is 67.3 Å². The molecular formula is C25H32ClN5O2S. The first-order valence-corrected chi connectivity index (χ1v) is 13.7. The summed E-state index contributed by atoms with van der Waals surface area (Å²) in [5, 5.41) is 5.08. The molecule has 0 amide bonds. The summed E-state index contributed by atoms with van der Waals surface area (Å²) in [4.78, 5) is 11.4. The van der Waals surface area contributed by atoms with E-state index >= 15 is 0 Å². The van der Waals surface area contributed by atoms with Gasteiger partial charge in [0.05, 0.1) is 11.3 Å². The number of sulfonamides is 1. The summed E-state index contributed by atoms with van der Waals surface area (Å²) in [7, 11) is 0.617. The molecule has 0 aliphatic heterocycles. The van der Waals surface area contributed by atoms with Gasteiger partial charge >= 0.3 is 0 Å². The van der Waals surface area contributed by atoms with Gasteiger partial charge in [0.25, 0.3) is 0 Å². The van der Waals surface area contributed by atoms with E-state index in [0.717, 1.165) is 54.5 Å². The Balaban J connectivity index is 1.25. The molecule has 34 heavy (non-hydrogen) atoms. The van der Waals surface area contributed by atoms with Crippen molar-refractivity contribution in [3.8, 4) is 0 Å². The summed E-state index contributed by atoms with van der Waals surface area (Å²) >= 11 is 5.88. The van der Waals surface area contributed by atoms with Gasteiger partial charge in [0.1, 0.15) is 5.82 Å². The number of benzene rings is 2. The SMILES string of the molecule is CN(C)c1nc(NCC2CCC(CNS(=O)(=O)Cc3ccc(Cl)cc3)CC2)nc2ccccc12. The van der Waals surface area contributed by atoms with E-state index < -0.39 is 10.0 Å². The molecule has 1 saturated carbocycles. The molecule has 0 unspecified atom stereocenters. The molecule has 1 aromatic heterocycles. The van der Waals surface area contributed by atoms with E-state index in [1.807, 2.05) is 43.3 Å². The molecule has 0 saturated heterocycles. The van der Waals surface area contributed by atoms with E-state index in [1.165, 1.54) is 0 Å². The standard InChI is InChI=1S/C25H32ClN5O2S/c1-31(2)24-22-5-3-4-6-23(22)29-25(30-24)27-15-18-7-9-19(10-8-18)16-28-34(32,33)17-20-11-13-21(26)14-12-20/h3-6,11-14,18-19,28H,7-10,15-17H2,1-2H3,(H,27,29,30). The predicted molar refractivity (Wildman–Crippen MR) is 140 cm³/mol. The molecular weight excluding hydrogens is 470 g/mol. The Bertz CT molecular complexity index is 1210. The molecule has 1 fully saturated rings. The average Bonchev–Trinajstić information content (AvgIpc) is 2.83. The fraction of sp³-hybridized carbons (Fsp3) is 0.440. The van der Waals surface area contributed by atoms with Gasteiger partial charge in [-0.1, -0.05) is 35.9 Å². The minimum Gasteiger partial charge on any atom is -0.362 e. The number of hydrogen-bond donors (Lipinski definition) is 2. The van der Waals surface area contributed by atoms with Crippen LogP contribution in [-0.4, -0.2) is 45.6 Å². The van der Waals surface area contributed by atoms with Crippen molar-refractivity contribution in [1.29, 1.82) is 0 Å². The van der Waals surface area contributed by atoms with Crippen LogP contribution in [-0.2, 0) is 15.8 Å². The third-order valence-electron chi connectivity index (χ3n) is 6.38. The van der Waals surface area contributed by atoms with Gasteiger partial charge in [-0.25, -0.2) is 18.1 Å². The number of aromatic nitrogens is 2. The van der Waals surface area contributed by atoms with Gasteiger partial charge in [0, 0.05) is 37.6 Å². The van der Waals surface area contributed by atoms with Crippen LogP contribution in [0.4, 0.5) is 11.8 Å². The third-order valence-corrected chi connectivity index (χ3v) is 7.96. The molecule has 0 spiro atoms. The Morgan fingerprint density at radius 1 is 0.941 bits per heavy atom. The quantitative estimate of drug-likeness (QED) is 0.442. The summed E-state index contributed by atoms with van der Waals surface area (Å²) in [6.45, 7) is 1.32. The van der Waals surface area contributed by atoms with Crippen LogP contribution in [0.2, 0.25) is 5.02 Å². The molecule has 1 aliphatic rings. The first-order valence-electron chi connectivity index (χ1n) is 11.7. The number of rotatable bonds is 9. The summed E-state index contributed by atoms with van der Waals surface area (Å²) in [6.07, 6.45) is 4.14. The zero-order valence-electron chi connectivity index (χ0n) is 19.7. The van der Waals surface area contributed by atoms with Crippen LogP contribution in [0, 0.1) is 11.8 Å². The Morgan fingerprint density at radius 2 is 1.59 bits per heavy atom. The van der Waals surface area contributed by atoms with E-state index in [-0.39, 0.29) is 5.75 Å². The smallest absolute Gasteiger partial charge is 0.225 e. The molecule has 1 heterocycles. The summed E-state index contributed by atoms with van der Waals surface area (Å²) in [6, 6.07) is 15.0. The monoisotopic (exact) mass is 501 g/mol. The molecule has 1 aliphatic carbocycles. The molecule has 0 bridgehead atoms. The summed E-state index contributed by atoms with van der Waals surface area (Å²) in [5.41, 5.74) is 1.67. The second kappa shape index (κ2) is 10.9. The molecule has 182 valence electrons. The minimum absolute atomic E-state index is 0.0237. The zero-order chi connectivity index (χ0) is 24.1. The van der Waals surface area contributed by atoms with Gasteiger partial charge < -0.3 is 10.2 Å². The zero-order valence-corrected chi connectivity index (χ0v) is 21.2. The molecule has 2 aromatic carbocycles. The fourth-order valence-electron chi connectivity index (χ4n) is 4.45. The molecule has 9 heteroatoms. The van der Waals surface area contributed by atoms with Gasteiger partial charge in [0.2, 0.25) is 16.0 Å². The highest BCUT2D eigenvalue weighted by Crippen LogP contribution is 2.29. The van der Waals surface area contributed by atoms with E-state index in [4.69, 9.17) is 16.6 Å². The van der Waals surface area contributed by atoms with Gasteiger partial charge in [-0.2, -0.15) is 4.98 Å². The Hall–Kier alpha value is -2.42. The highest BCUT2D eigenvalue weighted by atomic mass is 35.5. The van der Waals surface area contributed by atoms with Crippen molar-refractivity contribution in [2.45, 2.75) is 31.4 Å². The van der Waals surface area contributed by atoms with Crippen LogP contribution < -0.4 is 14.9 Å². The van der Waals surface area contributed by atoms with Crippen molar-refractivity contribution >= 4 is 44.3 Å². The highest BCUT2D eigenvalue weighted by molar-refractivity contribution is 7.88. The van der Waals surface area contributed by atoms with Crippen LogP contribution in [0.25, 0.3) is 10.9 Å². The van der Waals surface area contributed by atoms with E-state index in [9.17, 15) is 8.42 Å². The Kier molecular flexibility index (Phi) is 7.91. The lowest BCUT2D eigenvalue weighted by atomic mass is 9.82. The topological polar surface area (TPSA) is 87.2 Å². The Morgan fingerprint density at radius 3 is 2.26 bits per heavy atom. The van der Waals surface area contributed by atoms with Gasteiger partial charge in [-0.3, -0.25) is 0 Å². The van der Waals surface area contributed by atoms with Crippen molar-refractivity contribution in [2.24, 2.45) is 11.8 Å². The third kappa shape index (κ3) is 6.58. The maximum Gasteiger partial charge on any atom is 0.225 e. The van der Waals surface area contributed by atoms with E-state index in [1.54, 1.807) is 24.3 Å². The van der Waals surface area contributed by atoms with Gasteiger partial charge in [0.15, 0.2) is 0 Å². The van der Waals surface area contributed by atoms with Crippen LogP contribution >= 0.6 is 11.6 Å². The number of para-hydroxylation sites is 1. The molecule has 3 aromatic rings. The molecule has 0 radical (unpaired) electrons. The van der Waals surface area contributed by atoms with E-state index in [0.29, 0.717) is 29.4 Å². The maximum absolute atomic E-state index is 12.4. The summed E-state index contributed by atoms with van der Waals surface area (Å²) < 4.78 is 27.7. The van der Waals surface area contributed by atoms with Crippen LogP contribution in [0.3, 0.4) is 0 Å². The maximum atomic E-state index is 12.4. The molecule has 4 rings (SSSR count). The lowest BCUT2D eigenvalue weighted by Gasteiger charge is -2.28. The number of anilines is 2. The predicted octanol–water partition coefficient (Wildman–Crippen LogP) is 4.69. The number of hydrogen-bond acceptors (Lipinski definition) is 6. The first-order chi connectivity index (χ1) is 16.3. The minimum atomic E-state index is -3.36. The second-order valence-corrected chi connectivity index (χ2v) is 11.5. The van der Waals surface area contributed by atoms with Crippen LogP contribution in [0.5, 0.6) is 0 Å². The number of nitrogens with zero attached hydrogens (tertiary/aromatic N) is 3. The number of fused-ring (bicyclic) bond motifs is 1. The molecule has 7 nitrogen and oxygen atoms in total. The lowest BCUT2D eigenvalue weighted by Crippen LogP contribution is -2.33. The van der Waals surface area contributed by atoms with Crippen LogP contribution in [0.1, 0.15) is 31.2 Å². The van der Waals surface area contributed by atoms with Gasteiger partial charge in [-0.15, -0.1) is 0 Å². The Labute approximate surface area is 207 Å². The second-order valence-electron chi connectivity index (χ2n) is 9.28. The van der Waals surface area contributed by atoms with Crippen LogP contribution in [0.15, 0.2) is 48.5 Å². The number of halogens is 1. The summed E-state index contributed by atoms with van der Waals surface area (Å²) in [5.74, 6) is 2.43. The highest BCUT2D eigenvalue weighted by Gasteiger charge is 2.23. The number of nitrogens with one attached hydrogen (secondary N) is 2. The lowest BCUT2D eigenvalue weighted by molar-refractivity contribution is 0.284. The van der Waals surface area contributed by atoms with Crippen molar-refractivity contribution in [1.82, 2.24) is 14.7 Å².